The van der Waals surface area contributed by atoms with E-state index >= 15 is 0 Å². The molecule has 0 saturated heterocycles. The zero-order valence-electron chi connectivity index (χ0n) is 20.4. The first-order valence-electron chi connectivity index (χ1n) is 13.1. The predicted octanol–water partition coefficient (Wildman–Crippen LogP) is 8.89. The molecular formula is C33H28N2. The molecule has 1 aliphatic carbocycles. The number of benzene rings is 4. The highest BCUT2D eigenvalue weighted by Gasteiger charge is 2.23. The maximum absolute atomic E-state index is 4.99. The molecule has 1 saturated carbocycles. The Balaban J connectivity index is 1.66. The normalized spacial score (nSPS) is 15.3. The Hall–Kier alpha value is -3.65. The Morgan fingerprint density at radius 2 is 1.60 bits per heavy atom. The molecule has 0 atom stereocenters. The lowest BCUT2D eigenvalue weighted by Crippen LogP contribution is -2.02. The van der Waals surface area contributed by atoms with Gasteiger partial charge in [-0.2, -0.15) is 0 Å². The number of fused-ring (bicyclic) bond motifs is 7. The third-order valence-corrected chi connectivity index (χ3v) is 8.74. The molecule has 2 nitrogen and oxygen atoms in total. The molecule has 1 aliphatic rings. The summed E-state index contributed by atoms with van der Waals surface area (Å²) in [6, 6.07) is 23.0. The van der Waals surface area contributed by atoms with E-state index in [1.165, 1.54) is 103 Å². The second-order valence-corrected chi connectivity index (χ2v) is 10.8. The molecule has 0 radical (unpaired) electrons. The highest BCUT2D eigenvalue weighted by atomic mass is 14.9. The number of pyridine rings is 2. The van der Waals surface area contributed by atoms with Gasteiger partial charge in [0, 0.05) is 27.7 Å². The van der Waals surface area contributed by atoms with Gasteiger partial charge >= 0.3 is 0 Å². The van der Waals surface area contributed by atoms with Crippen LogP contribution in [0.15, 0.2) is 66.9 Å². The van der Waals surface area contributed by atoms with Gasteiger partial charge in [-0.25, -0.2) is 0 Å². The topological polar surface area (TPSA) is 17.3 Å². The zero-order chi connectivity index (χ0) is 23.3. The van der Waals surface area contributed by atoms with Crippen molar-refractivity contribution in [3.8, 4) is 0 Å². The Bertz CT molecular complexity index is 1950. The fourth-order valence-corrected chi connectivity index (χ4v) is 7.17. The molecule has 3 heterocycles. The Morgan fingerprint density at radius 1 is 0.771 bits per heavy atom. The van der Waals surface area contributed by atoms with Crippen LogP contribution in [0.5, 0.6) is 0 Å². The van der Waals surface area contributed by atoms with E-state index in [9.17, 15) is 0 Å². The highest BCUT2D eigenvalue weighted by molar-refractivity contribution is 6.29. The van der Waals surface area contributed by atoms with Gasteiger partial charge in [-0.15, -0.1) is 0 Å². The number of aromatic nitrogens is 2. The standard InChI is InChI=1S/C33H28N2/c1-19-10-12-25-20(2)31-28(18-24(25)16-19)30-29-22(14-15-34-30)11-13-27-26-9-5-8-23(17-21-6-3-4-7-21)32(26)35(31)33(27)29/h5,8-16,18,21H,3-4,6-7,17H2,1-2H3. The summed E-state index contributed by atoms with van der Waals surface area (Å²) in [5.41, 5.74) is 9.34. The molecule has 35 heavy (non-hydrogen) atoms. The Labute approximate surface area is 204 Å². The summed E-state index contributed by atoms with van der Waals surface area (Å²) in [5.74, 6) is 0.809. The predicted molar refractivity (Wildman–Crippen MR) is 149 cm³/mol. The fraction of sp³-hybridized carbons (Fsp3) is 0.242. The fourth-order valence-electron chi connectivity index (χ4n) is 7.17. The first kappa shape index (κ1) is 19.6. The number of rotatable bonds is 2. The number of hydrogen-bond donors (Lipinski definition) is 0. The summed E-state index contributed by atoms with van der Waals surface area (Å²) in [6.07, 6.45) is 8.67. The lowest BCUT2D eigenvalue weighted by atomic mass is 9.96. The summed E-state index contributed by atoms with van der Waals surface area (Å²) < 4.78 is 2.62. The van der Waals surface area contributed by atoms with Crippen LogP contribution in [0, 0.1) is 19.8 Å². The third kappa shape index (κ3) is 2.57. The lowest BCUT2D eigenvalue weighted by Gasteiger charge is -2.17. The molecule has 4 aromatic carbocycles. The average molecular weight is 453 g/mol. The summed E-state index contributed by atoms with van der Waals surface area (Å²) in [7, 11) is 0. The molecule has 0 bridgehead atoms. The van der Waals surface area contributed by atoms with Crippen LogP contribution < -0.4 is 0 Å². The molecule has 0 unspecified atom stereocenters. The molecule has 170 valence electrons. The minimum absolute atomic E-state index is 0.809. The maximum atomic E-state index is 4.99. The minimum Gasteiger partial charge on any atom is -0.307 e. The summed E-state index contributed by atoms with van der Waals surface area (Å²) in [4.78, 5) is 4.99. The van der Waals surface area contributed by atoms with Crippen LogP contribution in [0.4, 0.5) is 0 Å². The molecule has 7 aromatic rings. The SMILES string of the molecule is Cc1ccc2c(C)c3c(cc2c1)c1nccc2ccc4c5cccc(CC6CCCC6)c5n3c4c21. The second kappa shape index (κ2) is 6.95. The third-order valence-electron chi connectivity index (χ3n) is 8.74. The highest BCUT2D eigenvalue weighted by Crippen LogP contribution is 2.44. The monoisotopic (exact) mass is 452 g/mol. The first-order chi connectivity index (χ1) is 17.2. The molecule has 8 rings (SSSR count). The van der Waals surface area contributed by atoms with Crippen molar-refractivity contribution in [2.75, 3.05) is 0 Å². The van der Waals surface area contributed by atoms with Gasteiger partial charge in [-0.3, -0.25) is 4.98 Å². The van der Waals surface area contributed by atoms with E-state index < -0.39 is 0 Å². The van der Waals surface area contributed by atoms with Crippen molar-refractivity contribution in [2.45, 2.75) is 46.0 Å². The molecule has 0 aliphatic heterocycles. The van der Waals surface area contributed by atoms with Crippen molar-refractivity contribution >= 4 is 59.8 Å². The van der Waals surface area contributed by atoms with Gasteiger partial charge in [-0.1, -0.05) is 79.8 Å². The van der Waals surface area contributed by atoms with Crippen molar-refractivity contribution in [1.29, 1.82) is 0 Å². The van der Waals surface area contributed by atoms with Gasteiger partial charge in [-0.05, 0) is 65.6 Å². The van der Waals surface area contributed by atoms with Gasteiger partial charge < -0.3 is 4.40 Å². The van der Waals surface area contributed by atoms with Crippen molar-refractivity contribution < 1.29 is 0 Å². The Morgan fingerprint density at radius 3 is 2.49 bits per heavy atom. The Kier molecular flexibility index (Phi) is 3.90. The van der Waals surface area contributed by atoms with E-state index in [1.54, 1.807) is 0 Å². The largest absolute Gasteiger partial charge is 0.307 e. The molecule has 3 aromatic heterocycles. The van der Waals surface area contributed by atoms with Crippen LogP contribution in [0.3, 0.4) is 0 Å². The van der Waals surface area contributed by atoms with E-state index in [1.807, 2.05) is 6.20 Å². The second-order valence-electron chi connectivity index (χ2n) is 10.8. The lowest BCUT2D eigenvalue weighted by molar-refractivity contribution is 0.548. The van der Waals surface area contributed by atoms with Gasteiger partial charge in [0.15, 0.2) is 0 Å². The van der Waals surface area contributed by atoms with Gasteiger partial charge in [0.1, 0.15) is 0 Å². The van der Waals surface area contributed by atoms with Crippen LogP contribution in [0.25, 0.3) is 59.8 Å². The maximum Gasteiger partial charge on any atom is 0.0823 e. The molecule has 1 fully saturated rings. The van der Waals surface area contributed by atoms with Gasteiger partial charge in [0.2, 0.25) is 0 Å². The van der Waals surface area contributed by atoms with Gasteiger partial charge in [0.05, 0.1) is 22.1 Å². The number of para-hydroxylation sites is 1. The molecule has 0 N–H and O–H groups in total. The number of hydrogen-bond acceptors (Lipinski definition) is 1. The molecular weight excluding hydrogens is 424 g/mol. The minimum atomic E-state index is 0.809. The smallest absolute Gasteiger partial charge is 0.0823 e. The van der Waals surface area contributed by atoms with E-state index in [4.69, 9.17) is 4.98 Å². The van der Waals surface area contributed by atoms with Crippen LogP contribution in [-0.4, -0.2) is 9.38 Å². The van der Waals surface area contributed by atoms with E-state index in [2.05, 4.69) is 78.9 Å². The van der Waals surface area contributed by atoms with Crippen molar-refractivity contribution in [3.63, 3.8) is 0 Å². The average Bonchev–Trinajstić information content (AvgIpc) is 3.50. The zero-order valence-corrected chi connectivity index (χ0v) is 20.4. The van der Waals surface area contributed by atoms with Crippen molar-refractivity contribution in [2.24, 2.45) is 5.92 Å². The van der Waals surface area contributed by atoms with E-state index in [0.717, 1.165) is 11.4 Å². The van der Waals surface area contributed by atoms with Crippen molar-refractivity contribution in [3.05, 3.63) is 83.6 Å². The van der Waals surface area contributed by atoms with E-state index in [0.29, 0.717) is 0 Å². The van der Waals surface area contributed by atoms with Crippen molar-refractivity contribution in [1.82, 2.24) is 9.38 Å². The molecule has 0 spiro atoms. The molecule has 2 heteroatoms. The van der Waals surface area contributed by atoms with Crippen LogP contribution >= 0.6 is 0 Å². The number of nitrogens with zero attached hydrogens (tertiary/aromatic N) is 2. The van der Waals surface area contributed by atoms with E-state index in [-0.39, 0.29) is 0 Å². The van der Waals surface area contributed by atoms with Crippen LogP contribution in [0.1, 0.15) is 42.4 Å². The van der Waals surface area contributed by atoms with Gasteiger partial charge in [0.25, 0.3) is 0 Å². The number of aryl methyl sites for hydroxylation is 2. The van der Waals surface area contributed by atoms with Crippen LogP contribution in [0.2, 0.25) is 0 Å². The first-order valence-corrected chi connectivity index (χ1v) is 13.1. The molecule has 0 amide bonds. The summed E-state index contributed by atoms with van der Waals surface area (Å²) >= 11 is 0. The summed E-state index contributed by atoms with van der Waals surface area (Å²) in [6.45, 7) is 4.49. The quantitative estimate of drug-likeness (QED) is 0.189. The summed E-state index contributed by atoms with van der Waals surface area (Å²) in [5, 5.41) is 9.21. The van der Waals surface area contributed by atoms with Crippen LogP contribution in [-0.2, 0) is 6.42 Å².